The van der Waals surface area contributed by atoms with Gasteiger partial charge in [0.05, 0.1) is 12.0 Å². The van der Waals surface area contributed by atoms with Gasteiger partial charge in [0.1, 0.15) is 31.0 Å². The minimum Gasteiger partial charge on any atom is -0.459 e. The highest BCUT2D eigenvalue weighted by molar-refractivity contribution is 6.04. The number of benzene rings is 1. The Morgan fingerprint density at radius 2 is 1.81 bits per heavy atom. The van der Waals surface area contributed by atoms with Crippen LogP contribution >= 0.6 is 0 Å². The van der Waals surface area contributed by atoms with Gasteiger partial charge in [-0.25, -0.2) is 9.59 Å². The summed E-state index contributed by atoms with van der Waals surface area (Å²) in [5, 5.41) is 23.0. The average Bonchev–Trinajstić information content (AvgIpc) is 2.99. The number of aliphatic hydroxyl groups excluding tert-OH is 2. The Bertz CT molecular complexity index is 866. The molecule has 3 rings (SSSR count). The number of urea groups is 1. The zero-order valence-corrected chi connectivity index (χ0v) is 17.5. The van der Waals surface area contributed by atoms with E-state index in [1.807, 2.05) is 0 Å². The lowest BCUT2D eigenvalue weighted by molar-refractivity contribution is -0.147. The van der Waals surface area contributed by atoms with Gasteiger partial charge in [-0.1, -0.05) is 39.0 Å². The standard InChI is InChI=1S/C21H26N2O8/c1-21(2,3)17(27)12-9-14(24)22-20(29)23(12)18-16(26)15(25)13(31-18)10-30-19(28)11-7-5-4-6-8-11/h4-8,12-13,15-16,18,25-26H,9-10H2,1-3H3,(H,22,24,29)/t12?,13-,15-,16-,18-/m1/s1. The Kier molecular flexibility index (Phi) is 6.44. The van der Waals surface area contributed by atoms with E-state index in [-0.39, 0.29) is 18.8 Å². The van der Waals surface area contributed by atoms with Crippen molar-refractivity contribution in [2.45, 2.75) is 57.8 Å². The molecule has 10 nitrogen and oxygen atoms in total. The number of nitrogens with zero attached hydrogens (tertiary/aromatic N) is 1. The molecule has 3 amide bonds. The fourth-order valence-electron chi connectivity index (χ4n) is 3.57. The summed E-state index contributed by atoms with van der Waals surface area (Å²) >= 11 is 0. The number of ketones is 1. The van der Waals surface area contributed by atoms with Gasteiger partial charge in [0.2, 0.25) is 5.91 Å². The first kappa shape index (κ1) is 22.9. The van der Waals surface area contributed by atoms with Gasteiger partial charge in [-0.2, -0.15) is 0 Å². The second kappa shape index (κ2) is 8.74. The van der Waals surface area contributed by atoms with Crippen LogP contribution in [0.25, 0.3) is 0 Å². The van der Waals surface area contributed by atoms with Crippen molar-refractivity contribution in [1.82, 2.24) is 10.2 Å². The van der Waals surface area contributed by atoms with Gasteiger partial charge >= 0.3 is 12.0 Å². The molecule has 2 aliphatic heterocycles. The van der Waals surface area contributed by atoms with Gasteiger partial charge in [0, 0.05) is 5.41 Å². The number of imide groups is 1. The highest BCUT2D eigenvalue weighted by Gasteiger charge is 2.53. The lowest BCUT2D eigenvalue weighted by Gasteiger charge is -2.40. The zero-order chi connectivity index (χ0) is 22.9. The topological polar surface area (TPSA) is 142 Å². The number of carbonyl (C=O) groups excluding carboxylic acids is 4. The SMILES string of the molecule is CC(C)(C)C(=O)C1CC(=O)NC(=O)N1[C@@H]1O[C@H](COC(=O)c2ccccc2)[C@@H](O)[C@H]1O. The average molecular weight is 434 g/mol. The van der Waals surface area contributed by atoms with Crippen LogP contribution < -0.4 is 5.32 Å². The lowest BCUT2D eigenvalue weighted by Crippen LogP contribution is -2.64. The predicted molar refractivity (Wildman–Crippen MR) is 106 cm³/mol. The maximum Gasteiger partial charge on any atom is 0.338 e. The summed E-state index contributed by atoms with van der Waals surface area (Å²) in [4.78, 5) is 50.4. The fraction of sp³-hybridized carbons (Fsp3) is 0.524. The molecule has 2 saturated heterocycles. The van der Waals surface area contributed by atoms with E-state index in [4.69, 9.17) is 9.47 Å². The van der Waals surface area contributed by atoms with Crippen LogP contribution in [0, 0.1) is 5.41 Å². The summed E-state index contributed by atoms with van der Waals surface area (Å²) in [5.74, 6) is -1.65. The Balaban J connectivity index is 1.75. The largest absolute Gasteiger partial charge is 0.459 e. The summed E-state index contributed by atoms with van der Waals surface area (Å²) in [7, 11) is 0. The van der Waals surface area contributed by atoms with Crippen LogP contribution in [0.3, 0.4) is 0 Å². The van der Waals surface area contributed by atoms with Gasteiger partial charge < -0.3 is 19.7 Å². The van der Waals surface area contributed by atoms with Crippen molar-refractivity contribution in [2.75, 3.05) is 6.61 Å². The van der Waals surface area contributed by atoms with Gasteiger partial charge in [-0.3, -0.25) is 19.8 Å². The van der Waals surface area contributed by atoms with Gasteiger partial charge in [-0.15, -0.1) is 0 Å². The molecule has 31 heavy (non-hydrogen) atoms. The molecule has 0 saturated carbocycles. The van der Waals surface area contributed by atoms with Crippen molar-refractivity contribution in [3.05, 3.63) is 35.9 Å². The van der Waals surface area contributed by atoms with Gasteiger partial charge in [0.25, 0.3) is 0 Å². The third-order valence-electron chi connectivity index (χ3n) is 5.24. The molecule has 2 fully saturated rings. The third kappa shape index (κ3) is 4.76. The number of carbonyl (C=O) groups is 4. The molecule has 0 spiro atoms. The van der Waals surface area contributed by atoms with Crippen molar-refractivity contribution < 1.29 is 38.9 Å². The number of esters is 1. The van der Waals surface area contributed by atoms with Gasteiger partial charge in [-0.05, 0) is 12.1 Å². The number of Topliss-reactive ketones (excluding diaryl/α,β-unsaturated/α-hetero) is 1. The minimum absolute atomic E-state index is 0.293. The maximum atomic E-state index is 12.9. The Morgan fingerprint density at radius 3 is 2.42 bits per heavy atom. The summed E-state index contributed by atoms with van der Waals surface area (Å²) in [6.45, 7) is 4.57. The Labute approximate surface area is 179 Å². The molecule has 1 unspecified atom stereocenters. The second-order valence-corrected chi connectivity index (χ2v) is 8.61. The van der Waals surface area contributed by atoms with Crippen LogP contribution in [-0.2, 0) is 19.1 Å². The molecule has 10 heteroatoms. The van der Waals surface area contributed by atoms with Crippen LogP contribution in [0.2, 0.25) is 0 Å². The monoisotopic (exact) mass is 434 g/mol. The van der Waals surface area contributed by atoms with E-state index < -0.39 is 53.9 Å². The number of amides is 3. The fourth-order valence-corrected chi connectivity index (χ4v) is 3.57. The summed E-state index contributed by atoms with van der Waals surface area (Å²) < 4.78 is 10.8. The number of aliphatic hydroxyl groups is 2. The first-order valence-corrected chi connectivity index (χ1v) is 9.91. The van der Waals surface area contributed by atoms with Crippen LogP contribution in [0.4, 0.5) is 4.79 Å². The van der Waals surface area contributed by atoms with E-state index in [2.05, 4.69) is 5.32 Å². The van der Waals surface area contributed by atoms with Crippen molar-refractivity contribution in [2.24, 2.45) is 5.41 Å². The smallest absolute Gasteiger partial charge is 0.338 e. The predicted octanol–water partition coefficient (Wildman–Crippen LogP) is 0.216. The van der Waals surface area contributed by atoms with E-state index >= 15 is 0 Å². The highest BCUT2D eigenvalue weighted by atomic mass is 16.6. The molecule has 0 radical (unpaired) electrons. The first-order valence-electron chi connectivity index (χ1n) is 9.91. The molecular formula is C21H26N2O8. The molecule has 5 atom stereocenters. The van der Waals surface area contributed by atoms with Crippen LogP contribution in [0.1, 0.15) is 37.6 Å². The molecule has 2 heterocycles. The lowest BCUT2D eigenvalue weighted by atomic mass is 9.84. The molecule has 0 bridgehead atoms. The van der Waals surface area contributed by atoms with E-state index in [0.717, 1.165) is 4.90 Å². The zero-order valence-electron chi connectivity index (χ0n) is 17.5. The highest BCUT2D eigenvalue weighted by Crippen LogP contribution is 2.31. The van der Waals surface area contributed by atoms with Crippen LogP contribution in [-0.4, -0.2) is 76.0 Å². The summed E-state index contributed by atoms with van der Waals surface area (Å²) in [6, 6.07) is 6.12. The van der Waals surface area contributed by atoms with Gasteiger partial charge in [0.15, 0.2) is 12.0 Å². The van der Waals surface area contributed by atoms with E-state index in [1.54, 1.807) is 51.1 Å². The van der Waals surface area contributed by atoms with E-state index in [9.17, 15) is 29.4 Å². The van der Waals surface area contributed by atoms with Crippen molar-refractivity contribution in [3.63, 3.8) is 0 Å². The molecule has 1 aromatic rings. The molecule has 0 aromatic heterocycles. The number of ether oxygens (including phenoxy) is 2. The molecule has 0 aliphatic carbocycles. The quantitative estimate of drug-likeness (QED) is 0.559. The summed E-state index contributed by atoms with van der Waals surface area (Å²) in [6.07, 6.45) is -5.89. The molecular weight excluding hydrogens is 408 g/mol. The first-order chi connectivity index (χ1) is 14.5. The molecule has 168 valence electrons. The number of hydrogen-bond acceptors (Lipinski definition) is 8. The van der Waals surface area contributed by atoms with Crippen molar-refractivity contribution in [1.29, 1.82) is 0 Å². The third-order valence-corrected chi connectivity index (χ3v) is 5.24. The maximum absolute atomic E-state index is 12.9. The van der Waals surface area contributed by atoms with Crippen LogP contribution in [0.15, 0.2) is 30.3 Å². The number of hydrogen-bond donors (Lipinski definition) is 3. The normalized spacial score (nSPS) is 28.9. The number of nitrogens with one attached hydrogen (secondary N) is 1. The Morgan fingerprint density at radius 1 is 1.16 bits per heavy atom. The minimum atomic E-state index is -1.57. The second-order valence-electron chi connectivity index (χ2n) is 8.61. The van der Waals surface area contributed by atoms with Crippen LogP contribution in [0.5, 0.6) is 0 Å². The molecule has 3 N–H and O–H groups in total. The summed E-state index contributed by atoms with van der Waals surface area (Å²) in [5.41, 5.74) is -0.565. The molecule has 1 aromatic carbocycles. The van der Waals surface area contributed by atoms with E-state index in [0.29, 0.717) is 5.56 Å². The van der Waals surface area contributed by atoms with Crippen molar-refractivity contribution in [3.8, 4) is 0 Å². The Hall–Kier alpha value is -2.82. The molecule has 2 aliphatic rings. The number of rotatable bonds is 5. The van der Waals surface area contributed by atoms with E-state index in [1.165, 1.54) is 0 Å². The van der Waals surface area contributed by atoms with Crippen molar-refractivity contribution >= 4 is 23.7 Å².